The molecule has 0 radical (unpaired) electrons. The summed E-state index contributed by atoms with van der Waals surface area (Å²) < 4.78 is 0. The van der Waals surface area contributed by atoms with Gasteiger partial charge >= 0.3 is 0 Å². The van der Waals surface area contributed by atoms with Gasteiger partial charge in [-0.25, -0.2) is 0 Å². The van der Waals surface area contributed by atoms with Gasteiger partial charge in [0.2, 0.25) is 0 Å². The van der Waals surface area contributed by atoms with Gasteiger partial charge in [0.25, 0.3) is 0 Å². The Bertz CT molecular complexity index is 368. The van der Waals surface area contributed by atoms with E-state index in [2.05, 4.69) is 56.9 Å². The first-order chi connectivity index (χ1) is 8.50. The Balaban J connectivity index is 2.09. The van der Waals surface area contributed by atoms with Crippen LogP contribution in [0.15, 0.2) is 24.3 Å². The van der Waals surface area contributed by atoms with Crippen molar-refractivity contribution in [1.82, 2.24) is 0 Å². The molecule has 0 saturated heterocycles. The molecule has 0 N–H and O–H groups in total. The van der Waals surface area contributed by atoms with E-state index >= 15 is 0 Å². The summed E-state index contributed by atoms with van der Waals surface area (Å²) in [5.74, 6) is 0.957. The van der Waals surface area contributed by atoms with Crippen molar-refractivity contribution in [1.29, 1.82) is 0 Å². The molecule has 1 aromatic rings. The van der Waals surface area contributed by atoms with E-state index in [4.69, 9.17) is 0 Å². The van der Waals surface area contributed by atoms with Crippen LogP contribution in [0.2, 0.25) is 0 Å². The van der Waals surface area contributed by atoms with E-state index in [0.29, 0.717) is 0 Å². The fourth-order valence-electron chi connectivity index (χ4n) is 2.38. The van der Waals surface area contributed by atoms with E-state index in [1.54, 1.807) is 0 Å². The van der Waals surface area contributed by atoms with Crippen LogP contribution in [0.4, 0.5) is 5.69 Å². The van der Waals surface area contributed by atoms with Crippen molar-refractivity contribution in [3.63, 3.8) is 0 Å². The summed E-state index contributed by atoms with van der Waals surface area (Å²) in [4.78, 5) is 2.56. The lowest BCUT2D eigenvalue weighted by molar-refractivity contribution is 0.590. The molecule has 2 rings (SSSR count). The Morgan fingerprint density at radius 3 is 2.17 bits per heavy atom. The molecule has 0 heterocycles. The van der Waals surface area contributed by atoms with E-state index in [1.807, 2.05) is 0 Å². The van der Waals surface area contributed by atoms with Gasteiger partial charge in [-0.3, -0.25) is 0 Å². The third-order valence-corrected chi connectivity index (χ3v) is 3.77. The maximum atomic E-state index is 2.56. The molecule has 1 aromatic carbocycles. The monoisotopic (exact) mass is 245 g/mol. The second-order valence-electron chi connectivity index (χ2n) is 6.69. The number of hydrogen-bond donors (Lipinski definition) is 0. The van der Waals surface area contributed by atoms with E-state index in [1.165, 1.54) is 43.6 Å². The SMILES string of the molecule is CCCN(CC1CC1)c1ccc(C(C)(C)C)cc1. The van der Waals surface area contributed by atoms with Crippen molar-refractivity contribution < 1.29 is 0 Å². The van der Waals surface area contributed by atoms with Crippen molar-refractivity contribution in [2.24, 2.45) is 5.92 Å². The fraction of sp³-hybridized carbons (Fsp3) is 0.647. The van der Waals surface area contributed by atoms with Crippen LogP contribution in [0.3, 0.4) is 0 Å². The Kier molecular flexibility index (Phi) is 3.99. The summed E-state index contributed by atoms with van der Waals surface area (Å²) in [5, 5.41) is 0. The number of rotatable bonds is 5. The minimum Gasteiger partial charge on any atom is -0.371 e. The first-order valence-electron chi connectivity index (χ1n) is 7.36. The summed E-state index contributed by atoms with van der Waals surface area (Å²) in [6.45, 7) is 11.5. The number of hydrogen-bond acceptors (Lipinski definition) is 1. The van der Waals surface area contributed by atoms with Crippen LogP contribution in [-0.4, -0.2) is 13.1 Å². The van der Waals surface area contributed by atoms with Gasteiger partial charge in [0.15, 0.2) is 0 Å². The zero-order valence-electron chi connectivity index (χ0n) is 12.4. The van der Waals surface area contributed by atoms with Crippen LogP contribution >= 0.6 is 0 Å². The van der Waals surface area contributed by atoms with Gasteiger partial charge in [0.1, 0.15) is 0 Å². The maximum Gasteiger partial charge on any atom is 0.0366 e. The molecule has 0 unspecified atom stereocenters. The molecule has 1 heteroatoms. The minimum absolute atomic E-state index is 0.255. The molecule has 1 fully saturated rings. The van der Waals surface area contributed by atoms with Gasteiger partial charge in [-0.2, -0.15) is 0 Å². The highest BCUT2D eigenvalue weighted by atomic mass is 15.1. The van der Waals surface area contributed by atoms with E-state index in [0.717, 1.165) is 5.92 Å². The maximum absolute atomic E-state index is 2.56. The number of benzene rings is 1. The van der Waals surface area contributed by atoms with Crippen LogP contribution in [0, 0.1) is 5.92 Å². The molecule has 1 aliphatic carbocycles. The zero-order chi connectivity index (χ0) is 13.2. The highest BCUT2D eigenvalue weighted by Crippen LogP contribution is 2.32. The summed E-state index contributed by atoms with van der Waals surface area (Å²) in [5.41, 5.74) is 3.08. The average molecular weight is 245 g/mol. The lowest BCUT2D eigenvalue weighted by Crippen LogP contribution is -2.26. The lowest BCUT2D eigenvalue weighted by atomic mass is 9.87. The minimum atomic E-state index is 0.255. The normalized spacial score (nSPS) is 15.8. The zero-order valence-corrected chi connectivity index (χ0v) is 12.4. The van der Waals surface area contributed by atoms with Gasteiger partial charge < -0.3 is 4.90 Å². The second kappa shape index (κ2) is 5.34. The lowest BCUT2D eigenvalue weighted by Gasteiger charge is -2.26. The van der Waals surface area contributed by atoms with Gasteiger partial charge in [0, 0.05) is 18.8 Å². The van der Waals surface area contributed by atoms with Crippen molar-refractivity contribution in [3.8, 4) is 0 Å². The molecule has 1 nitrogen and oxygen atoms in total. The van der Waals surface area contributed by atoms with Crippen molar-refractivity contribution in [2.75, 3.05) is 18.0 Å². The Labute approximate surface area is 112 Å². The van der Waals surface area contributed by atoms with Gasteiger partial charge in [-0.1, -0.05) is 39.8 Å². The third kappa shape index (κ3) is 3.51. The van der Waals surface area contributed by atoms with Crippen molar-refractivity contribution >= 4 is 5.69 Å². The molecule has 0 atom stereocenters. The first-order valence-corrected chi connectivity index (χ1v) is 7.36. The quantitative estimate of drug-likeness (QED) is 0.732. The molecule has 0 aromatic heterocycles. The highest BCUT2D eigenvalue weighted by Gasteiger charge is 2.24. The Morgan fingerprint density at radius 1 is 1.11 bits per heavy atom. The summed E-state index contributed by atoms with van der Waals surface area (Å²) in [7, 11) is 0. The molecule has 18 heavy (non-hydrogen) atoms. The predicted octanol–water partition coefficient (Wildman–Crippen LogP) is 4.61. The van der Waals surface area contributed by atoms with E-state index < -0.39 is 0 Å². The van der Waals surface area contributed by atoms with Gasteiger partial charge in [-0.15, -0.1) is 0 Å². The predicted molar refractivity (Wildman–Crippen MR) is 80.4 cm³/mol. The first kappa shape index (κ1) is 13.5. The van der Waals surface area contributed by atoms with E-state index in [9.17, 15) is 0 Å². The van der Waals surface area contributed by atoms with Crippen molar-refractivity contribution in [3.05, 3.63) is 29.8 Å². The van der Waals surface area contributed by atoms with Gasteiger partial charge in [-0.05, 0) is 48.3 Å². The molecular formula is C17H27N. The van der Waals surface area contributed by atoms with Crippen LogP contribution in [0.25, 0.3) is 0 Å². The fourth-order valence-corrected chi connectivity index (χ4v) is 2.38. The molecule has 0 bridgehead atoms. The van der Waals surface area contributed by atoms with Crippen LogP contribution in [0.5, 0.6) is 0 Å². The van der Waals surface area contributed by atoms with Gasteiger partial charge in [0.05, 0.1) is 0 Å². The molecule has 100 valence electrons. The topological polar surface area (TPSA) is 3.24 Å². The summed E-state index contributed by atoms with van der Waals surface area (Å²) in [6.07, 6.45) is 4.09. The van der Waals surface area contributed by atoms with Crippen LogP contribution in [0.1, 0.15) is 52.5 Å². The molecule has 1 aliphatic rings. The molecule has 1 saturated carbocycles. The molecular weight excluding hydrogens is 218 g/mol. The van der Waals surface area contributed by atoms with Crippen LogP contribution in [-0.2, 0) is 5.41 Å². The second-order valence-corrected chi connectivity index (χ2v) is 6.69. The highest BCUT2D eigenvalue weighted by molar-refractivity contribution is 5.48. The Morgan fingerprint density at radius 2 is 1.72 bits per heavy atom. The standard InChI is InChI=1S/C17H27N/c1-5-12-18(13-14-6-7-14)16-10-8-15(9-11-16)17(2,3)4/h8-11,14H,5-7,12-13H2,1-4H3. The molecule has 0 amide bonds. The largest absolute Gasteiger partial charge is 0.371 e. The molecule has 0 aliphatic heterocycles. The van der Waals surface area contributed by atoms with Crippen molar-refractivity contribution in [2.45, 2.75) is 52.4 Å². The third-order valence-electron chi connectivity index (χ3n) is 3.77. The van der Waals surface area contributed by atoms with E-state index in [-0.39, 0.29) is 5.41 Å². The smallest absolute Gasteiger partial charge is 0.0366 e. The summed E-state index contributed by atoms with van der Waals surface area (Å²) >= 11 is 0. The van der Waals surface area contributed by atoms with Crippen LogP contribution < -0.4 is 4.90 Å². The molecule has 0 spiro atoms. The average Bonchev–Trinajstić information content (AvgIpc) is 3.11. The number of anilines is 1. The number of nitrogens with zero attached hydrogens (tertiary/aromatic N) is 1. The summed E-state index contributed by atoms with van der Waals surface area (Å²) in [6, 6.07) is 9.20. The Hall–Kier alpha value is -0.980.